The Hall–Kier alpha value is -1.60. The maximum absolute atomic E-state index is 12.6. The van der Waals surface area contributed by atoms with Gasteiger partial charge in [-0.1, -0.05) is 42.1 Å². The molecule has 1 saturated heterocycles. The van der Waals surface area contributed by atoms with Crippen LogP contribution in [0.15, 0.2) is 24.3 Å². The molecule has 2 N–H and O–H groups in total. The van der Waals surface area contributed by atoms with Crippen LogP contribution in [0.2, 0.25) is 10.0 Å². The van der Waals surface area contributed by atoms with Gasteiger partial charge in [0.25, 0.3) is 0 Å². The highest BCUT2D eigenvalue weighted by Gasteiger charge is 2.25. The number of amides is 2. The van der Waals surface area contributed by atoms with Crippen molar-refractivity contribution in [3.05, 3.63) is 39.9 Å². The number of rotatable bonds is 6. The molecule has 0 spiro atoms. The molecule has 2 atom stereocenters. The van der Waals surface area contributed by atoms with E-state index in [-0.39, 0.29) is 24.0 Å². The van der Waals surface area contributed by atoms with Crippen LogP contribution < -0.4 is 5.32 Å². The number of benzene rings is 1. The molecular formula is C22H29Cl2N3O3. The van der Waals surface area contributed by atoms with Crippen LogP contribution in [0.5, 0.6) is 0 Å². The van der Waals surface area contributed by atoms with Gasteiger partial charge in [-0.15, -0.1) is 0 Å². The first-order valence-corrected chi connectivity index (χ1v) is 11.3. The number of carbonyl (C=O) groups is 2. The van der Waals surface area contributed by atoms with E-state index in [4.69, 9.17) is 23.2 Å². The number of halogens is 2. The molecule has 1 aliphatic carbocycles. The van der Waals surface area contributed by atoms with Crippen LogP contribution in [0, 0.1) is 0 Å². The number of hydrogen-bond donors (Lipinski definition) is 2. The summed E-state index contributed by atoms with van der Waals surface area (Å²) in [5.74, 6) is -0.0658. The quantitative estimate of drug-likeness (QED) is 0.649. The Bertz CT molecular complexity index is 787. The fraction of sp³-hybridized carbons (Fsp3) is 0.545. The second kappa shape index (κ2) is 11.1. The number of aliphatic hydroxyl groups is 1. The summed E-state index contributed by atoms with van der Waals surface area (Å²) in [5, 5.41) is 14.3. The van der Waals surface area contributed by atoms with Gasteiger partial charge in [-0.25, -0.2) is 0 Å². The van der Waals surface area contributed by atoms with Crippen molar-refractivity contribution in [1.82, 2.24) is 15.1 Å². The van der Waals surface area contributed by atoms with Crippen molar-refractivity contribution >= 4 is 41.1 Å². The number of carbonyl (C=O) groups excluding carboxylic acids is 2. The van der Waals surface area contributed by atoms with E-state index in [1.807, 2.05) is 0 Å². The Morgan fingerprint density at radius 3 is 2.73 bits per heavy atom. The summed E-state index contributed by atoms with van der Waals surface area (Å²) in [6, 6.07) is 5.31. The summed E-state index contributed by atoms with van der Waals surface area (Å²) in [4.78, 5) is 28.5. The first kappa shape index (κ1) is 23.1. The second-order valence-electron chi connectivity index (χ2n) is 7.88. The van der Waals surface area contributed by atoms with E-state index in [1.54, 1.807) is 34.1 Å². The fourth-order valence-electron chi connectivity index (χ4n) is 3.95. The summed E-state index contributed by atoms with van der Waals surface area (Å²) >= 11 is 11.9. The van der Waals surface area contributed by atoms with Crippen LogP contribution in [-0.2, 0) is 9.59 Å². The molecule has 0 radical (unpaired) electrons. The Morgan fingerprint density at radius 2 is 1.97 bits per heavy atom. The molecule has 1 heterocycles. The molecule has 1 aromatic rings. The minimum atomic E-state index is -0.297. The van der Waals surface area contributed by atoms with Gasteiger partial charge >= 0.3 is 0 Å². The van der Waals surface area contributed by atoms with E-state index in [0.29, 0.717) is 49.2 Å². The van der Waals surface area contributed by atoms with Crippen molar-refractivity contribution < 1.29 is 14.7 Å². The molecule has 6 nitrogen and oxygen atoms in total. The minimum Gasteiger partial charge on any atom is -0.392 e. The van der Waals surface area contributed by atoms with Gasteiger partial charge in [0.15, 0.2) is 0 Å². The van der Waals surface area contributed by atoms with E-state index in [0.717, 1.165) is 31.2 Å². The molecule has 0 unspecified atom stereocenters. The van der Waals surface area contributed by atoms with E-state index in [1.165, 1.54) is 6.08 Å². The number of nitrogens with zero attached hydrogens (tertiary/aromatic N) is 2. The molecule has 2 amide bonds. The second-order valence-corrected chi connectivity index (χ2v) is 8.69. The number of nitrogens with one attached hydrogen (secondary N) is 1. The van der Waals surface area contributed by atoms with Gasteiger partial charge in [-0.3, -0.25) is 9.59 Å². The first-order chi connectivity index (χ1) is 14.4. The van der Waals surface area contributed by atoms with Crippen LogP contribution >= 0.6 is 23.2 Å². The van der Waals surface area contributed by atoms with Crippen LogP contribution in [0.25, 0.3) is 6.08 Å². The molecule has 1 aliphatic heterocycles. The molecule has 3 rings (SSSR count). The Kier molecular flexibility index (Phi) is 8.57. The molecule has 0 bridgehead atoms. The van der Waals surface area contributed by atoms with Gasteiger partial charge < -0.3 is 20.2 Å². The van der Waals surface area contributed by atoms with E-state index >= 15 is 0 Å². The predicted molar refractivity (Wildman–Crippen MR) is 120 cm³/mol. The van der Waals surface area contributed by atoms with E-state index < -0.39 is 0 Å². The summed E-state index contributed by atoms with van der Waals surface area (Å²) in [5.41, 5.74) is 0.793. The largest absolute Gasteiger partial charge is 0.392 e. The third-order valence-electron chi connectivity index (χ3n) is 5.78. The fourth-order valence-corrected chi connectivity index (χ4v) is 4.25. The van der Waals surface area contributed by atoms with Gasteiger partial charge in [0.05, 0.1) is 16.1 Å². The lowest BCUT2D eigenvalue weighted by molar-refractivity contribution is -0.130. The van der Waals surface area contributed by atoms with E-state index in [2.05, 4.69) is 5.32 Å². The summed E-state index contributed by atoms with van der Waals surface area (Å²) in [7, 11) is 0. The van der Waals surface area contributed by atoms with Crippen molar-refractivity contribution in [1.29, 1.82) is 0 Å². The lowest BCUT2D eigenvalue weighted by Crippen LogP contribution is -2.46. The molecule has 2 aliphatic rings. The SMILES string of the molecule is O=C(/C=C/c1ccc(Cl)c(Cl)c1)N1CCC(=O)N(CCN[C@@H]2CCCC[C@H]2O)CC1. The summed E-state index contributed by atoms with van der Waals surface area (Å²) < 4.78 is 0. The van der Waals surface area contributed by atoms with Gasteiger partial charge in [0.2, 0.25) is 11.8 Å². The highest BCUT2D eigenvalue weighted by molar-refractivity contribution is 6.42. The maximum Gasteiger partial charge on any atom is 0.246 e. The average molecular weight is 454 g/mol. The molecule has 1 aromatic carbocycles. The molecule has 0 aromatic heterocycles. The zero-order valence-electron chi connectivity index (χ0n) is 17.0. The zero-order valence-corrected chi connectivity index (χ0v) is 18.5. The van der Waals surface area contributed by atoms with Crippen LogP contribution in [-0.4, -0.2) is 71.6 Å². The minimum absolute atomic E-state index is 0.0600. The van der Waals surface area contributed by atoms with Crippen molar-refractivity contribution in [2.75, 3.05) is 32.7 Å². The van der Waals surface area contributed by atoms with Gasteiger partial charge in [0.1, 0.15) is 0 Å². The smallest absolute Gasteiger partial charge is 0.246 e. The first-order valence-electron chi connectivity index (χ1n) is 10.6. The summed E-state index contributed by atoms with van der Waals surface area (Å²) in [6.45, 7) is 2.67. The molecule has 8 heteroatoms. The van der Waals surface area contributed by atoms with Crippen molar-refractivity contribution in [3.63, 3.8) is 0 Å². The molecule has 30 heavy (non-hydrogen) atoms. The third kappa shape index (κ3) is 6.45. The standard InChI is InChI=1S/C22H29Cl2N3O3/c23-17-7-5-16(15-18(17)24)6-8-21(29)26-11-9-22(30)27(14-13-26)12-10-25-19-3-1-2-4-20(19)28/h5-8,15,19-20,25,28H,1-4,9-14H2/b8-6+/t19-,20-/m1/s1. The maximum atomic E-state index is 12.6. The van der Waals surface area contributed by atoms with Gasteiger partial charge in [-0.2, -0.15) is 0 Å². The molecule has 164 valence electrons. The molecular weight excluding hydrogens is 425 g/mol. The lowest BCUT2D eigenvalue weighted by atomic mass is 9.93. The zero-order chi connectivity index (χ0) is 21.5. The Morgan fingerprint density at radius 1 is 1.17 bits per heavy atom. The normalized spacial score (nSPS) is 23.1. The number of hydrogen-bond acceptors (Lipinski definition) is 4. The Balaban J connectivity index is 1.47. The van der Waals surface area contributed by atoms with Gasteiger partial charge in [0, 0.05) is 51.3 Å². The summed E-state index contributed by atoms with van der Waals surface area (Å²) in [6.07, 6.45) is 7.25. The molecule has 2 fully saturated rings. The van der Waals surface area contributed by atoms with Gasteiger partial charge in [-0.05, 0) is 36.6 Å². The topological polar surface area (TPSA) is 72.9 Å². The molecule has 1 saturated carbocycles. The Labute approximate surface area is 187 Å². The third-order valence-corrected chi connectivity index (χ3v) is 6.52. The van der Waals surface area contributed by atoms with E-state index in [9.17, 15) is 14.7 Å². The van der Waals surface area contributed by atoms with Crippen molar-refractivity contribution in [2.45, 2.75) is 44.2 Å². The van der Waals surface area contributed by atoms with Crippen molar-refractivity contribution in [2.24, 2.45) is 0 Å². The average Bonchev–Trinajstić information content (AvgIpc) is 2.92. The van der Waals surface area contributed by atoms with Crippen LogP contribution in [0.3, 0.4) is 0 Å². The lowest BCUT2D eigenvalue weighted by Gasteiger charge is -2.29. The van der Waals surface area contributed by atoms with Crippen molar-refractivity contribution in [3.8, 4) is 0 Å². The van der Waals surface area contributed by atoms with Crippen LogP contribution in [0.4, 0.5) is 0 Å². The van der Waals surface area contributed by atoms with Crippen LogP contribution in [0.1, 0.15) is 37.7 Å². The predicted octanol–water partition coefficient (Wildman–Crippen LogP) is 2.96. The highest BCUT2D eigenvalue weighted by Crippen LogP contribution is 2.23. The number of aliphatic hydroxyl groups excluding tert-OH is 1. The monoisotopic (exact) mass is 453 g/mol. The highest BCUT2D eigenvalue weighted by atomic mass is 35.5.